The Bertz CT molecular complexity index is 398. The van der Waals surface area contributed by atoms with Gasteiger partial charge in [-0.15, -0.1) is 0 Å². The van der Waals surface area contributed by atoms with Gasteiger partial charge in [0.2, 0.25) is 0 Å². The van der Waals surface area contributed by atoms with Crippen LogP contribution in [-0.4, -0.2) is 23.7 Å². The zero-order valence-electron chi connectivity index (χ0n) is 9.54. The van der Waals surface area contributed by atoms with Crippen molar-refractivity contribution in [3.8, 4) is 0 Å². The van der Waals surface area contributed by atoms with Gasteiger partial charge in [0.15, 0.2) is 0 Å². The van der Waals surface area contributed by atoms with Crippen molar-refractivity contribution in [1.29, 1.82) is 0 Å². The fourth-order valence-corrected chi connectivity index (χ4v) is 1.60. The van der Waals surface area contributed by atoms with Gasteiger partial charge in [0.05, 0.1) is 5.56 Å². The molecule has 0 heterocycles. The number of aliphatic hydroxyl groups excluding tert-OH is 1. The molecule has 0 fully saturated rings. The number of carbonyl (C=O) groups is 1. The molecule has 1 unspecified atom stereocenters. The molecule has 0 aliphatic heterocycles. The molecule has 0 saturated heterocycles. The van der Waals surface area contributed by atoms with Gasteiger partial charge in [-0.25, -0.2) is 4.39 Å². The number of halogens is 2. The molecule has 94 valence electrons. The summed E-state index contributed by atoms with van der Waals surface area (Å²) in [4.78, 5) is 11.7. The zero-order valence-corrected chi connectivity index (χ0v) is 10.3. The maximum Gasteiger partial charge on any atom is 0.254 e. The van der Waals surface area contributed by atoms with Crippen LogP contribution < -0.4 is 5.32 Å². The van der Waals surface area contributed by atoms with Crippen molar-refractivity contribution in [3.63, 3.8) is 0 Å². The number of aliphatic hydroxyl groups is 1. The summed E-state index contributed by atoms with van der Waals surface area (Å²) >= 11 is 5.60. The summed E-state index contributed by atoms with van der Waals surface area (Å²) in [6, 6.07) is 3.82. The predicted molar refractivity (Wildman–Crippen MR) is 64.7 cm³/mol. The normalized spacial score (nSPS) is 12.2. The highest BCUT2D eigenvalue weighted by molar-refractivity contribution is 6.30. The topological polar surface area (TPSA) is 49.3 Å². The number of carbonyl (C=O) groups excluding carboxylic acids is 1. The highest BCUT2D eigenvalue weighted by Gasteiger charge is 2.13. The summed E-state index contributed by atoms with van der Waals surface area (Å²) in [5.41, 5.74) is -0.0229. The second kappa shape index (κ2) is 6.57. The molecule has 0 spiro atoms. The molecule has 0 radical (unpaired) electrons. The van der Waals surface area contributed by atoms with E-state index < -0.39 is 11.7 Å². The van der Waals surface area contributed by atoms with Crippen molar-refractivity contribution < 1.29 is 14.3 Å². The third-order valence-corrected chi connectivity index (χ3v) is 2.58. The van der Waals surface area contributed by atoms with Crippen LogP contribution in [0.25, 0.3) is 0 Å². The van der Waals surface area contributed by atoms with Gasteiger partial charge < -0.3 is 10.4 Å². The van der Waals surface area contributed by atoms with Crippen molar-refractivity contribution >= 4 is 17.5 Å². The second-order valence-corrected chi connectivity index (χ2v) is 4.30. The third-order valence-electron chi connectivity index (χ3n) is 2.35. The van der Waals surface area contributed by atoms with Crippen molar-refractivity contribution in [2.45, 2.75) is 25.8 Å². The number of hydrogen-bond donors (Lipinski definition) is 2. The number of nitrogens with one attached hydrogen (secondary N) is 1. The van der Waals surface area contributed by atoms with Crippen LogP contribution in [0.1, 0.15) is 30.1 Å². The average Bonchev–Trinajstić information content (AvgIpc) is 2.26. The maximum absolute atomic E-state index is 13.4. The van der Waals surface area contributed by atoms with E-state index in [1.165, 1.54) is 12.1 Å². The molecule has 2 N–H and O–H groups in total. The molecule has 0 aromatic heterocycles. The van der Waals surface area contributed by atoms with Gasteiger partial charge in [-0.3, -0.25) is 4.79 Å². The Balaban J connectivity index is 2.63. The molecule has 1 atom stereocenters. The van der Waals surface area contributed by atoms with Crippen LogP contribution in [-0.2, 0) is 0 Å². The first-order valence-corrected chi connectivity index (χ1v) is 5.79. The van der Waals surface area contributed by atoms with Crippen LogP contribution in [0.2, 0.25) is 5.02 Å². The van der Waals surface area contributed by atoms with E-state index in [1.54, 1.807) is 6.92 Å². The third kappa shape index (κ3) is 4.32. The van der Waals surface area contributed by atoms with Gasteiger partial charge in [-0.2, -0.15) is 0 Å². The van der Waals surface area contributed by atoms with Crippen LogP contribution in [0.3, 0.4) is 0 Å². The Morgan fingerprint density at radius 3 is 2.88 bits per heavy atom. The molecule has 1 rings (SSSR count). The lowest BCUT2D eigenvalue weighted by Crippen LogP contribution is -2.33. The molecular formula is C12H15ClFNO2. The Hall–Kier alpha value is -1.13. The summed E-state index contributed by atoms with van der Waals surface area (Å²) in [5, 5.41) is 11.6. The van der Waals surface area contributed by atoms with Crippen molar-refractivity contribution in [2.24, 2.45) is 0 Å². The first-order chi connectivity index (χ1) is 8.04. The molecule has 17 heavy (non-hydrogen) atoms. The molecule has 1 amide bonds. The fraction of sp³-hybridized carbons (Fsp3) is 0.417. The quantitative estimate of drug-likeness (QED) is 0.853. The minimum absolute atomic E-state index is 0.0229. The van der Waals surface area contributed by atoms with E-state index in [9.17, 15) is 9.18 Å². The lowest BCUT2D eigenvalue weighted by atomic mass is 10.1. The molecule has 3 nitrogen and oxygen atoms in total. The molecular weight excluding hydrogens is 245 g/mol. The molecule has 1 aromatic rings. The van der Waals surface area contributed by atoms with Crippen LogP contribution in [0.5, 0.6) is 0 Å². The van der Waals surface area contributed by atoms with Gasteiger partial charge >= 0.3 is 0 Å². The van der Waals surface area contributed by atoms with E-state index in [1.807, 2.05) is 0 Å². The van der Waals surface area contributed by atoms with E-state index in [-0.39, 0.29) is 23.2 Å². The van der Waals surface area contributed by atoms with E-state index in [2.05, 4.69) is 5.32 Å². The summed E-state index contributed by atoms with van der Waals surface area (Å²) in [6.45, 7) is 1.89. The molecule has 5 heteroatoms. The van der Waals surface area contributed by atoms with Crippen molar-refractivity contribution in [1.82, 2.24) is 5.32 Å². The standard InChI is InChI=1S/C12H15ClFNO2/c1-8(3-2-6-16)15-12(17)10-5-4-9(13)7-11(10)14/h4-5,7-8,16H,2-3,6H2,1H3,(H,15,17). The Morgan fingerprint density at radius 2 is 2.29 bits per heavy atom. The average molecular weight is 260 g/mol. The van der Waals surface area contributed by atoms with Crippen molar-refractivity contribution in [2.75, 3.05) is 6.61 Å². The van der Waals surface area contributed by atoms with Crippen LogP contribution in [0, 0.1) is 5.82 Å². The Labute approximate surface area is 105 Å². The number of hydrogen-bond acceptors (Lipinski definition) is 2. The summed E-state index contributed by atoms with van der Waals surface area (Å²) < 4.78 is 13.4. The van der Waals surface area contributed by atoms with Gasteiger partial charge in [0.1, 0.15) is 5.82 Å². The van der Waals surface area contributed by atoms with Crippen molar-refractivity contribution in [3.05, 3.63) is 34.6 Å². The van der Waals surface area contributed by atoms with Gasteiger partial charge in [0, 0.05) is 17.7 Å². The summed E-state index contributed by atoms with van der Waals surface area (Å²) in [5.74, 6) is -1.10. The summed E-state index contributed by atoms with van der Waals surface area (Å²) in [7, 11) is 0. The van der Waals surface area contributed by atoms with E-state index in [0.717, 1.165) is 6.07 Å². The number of rotatable bonds is 5. The van der Waals surface area contributed by atoms with Gasteiger partial charge in [0.25, 0.3) is 5.91 Å². The van der Waals surface area contributed by atoms with Gasteiger partial charge in [-0.1, -0.05) is 11.6 Å². The van der Waals surface area contributed by atoms with Crippen LogP contribution >= 0.6 is 11.6 Å². The van der Waals surface area contributed by atoms with Gasteiger partial charge in [-0.05, 0) is 38.0 Å². The monoisotopic (exact) mass is 259 g/mol. The Kier molecular flexibility index (Phi) is 5.38. The van der Waals surface area contributed by atoms with E-state index in [0.29, 0.717) is 12.8 Å². The zero-order chi connectivity index (χ0) is 12.8. The highest BCUT2D eigenvalue weighted by Crippen LogP contribution is 2.14. The number of benzene rings is 1. The highest BCUT2D eigenvalue weighted by atomic mass is 35.5. The van der Waals surface area contributed by atoms with E-state index >= 15 is 0 Å². The minimum Gasteiger partial charge on any atom is -0.396 e. The predicted octanol–water partition coefficient (Wildman–Crippen LogP) is 2.37. The molecule has 0 aliphatic rings. The second-order valence-electron chi connectivity index (χ2n) is 3.86. The number of amides is 1. The largest absolute Gasteiger partial charge is 0.396 e. The fourth-order valence-electron chi connectivity index (χ4n) is 1.44. The van der Waals surface area contributed by atoms with E-state index in [4.69, 9.17) is 16.7 Å². The first kappa shape index (κ1) is 13.9. The SMILES string of the molecule is CC(CCCO)NC(=O)c1ccc(Cl)cc1F. The lowest BCUT2D eigenvalue weighted by Gasteiger charge is -2.13. The molecule has 0 saturated carbocycles. The molecule has 0 aliphatic carbocycles. The van der Waals surface area contributed by atoms with Crippen LogP contribution in [0.15, 0.2) is 18.2 Å². The Morgan fingerprint density at radius 1 is 1.59 bits per heavy atom. The molecule has 1 aromatic carbocycles. The van der Waals surface area contributed by atoms with Crippen LogP contribution in [0.4, 0.5) is 4.39 Å². The smallest absolute Gasteiger partial charge is 0.254 e. The first-order valence-electron chi connectivity index (χ1n) is 5.41. The lowest BCUT2D eigenvalue weighted by molar-refractivity contribution is 0.0932. The minimum atomic E-state index is -0.635. The molecule has 0 bridgehead atoms. The maximum atomic E-state index is 13.4. The summed E-state index contributed by atoms with van der Waals surface area (Å²) in [6.07, 6.45) is 1.25.